The molecule has 2 N–H and O–H groups in total. The fourth-order valence-corrected chi connectivity index (χ4v) is 1.77. The van der Waals surface area contributed by atoms with Gasteiger partial charge in [-0.25, -0.2) is 0 Å². The van der Waals surface area contributed by atoms with Crippen LogP contribution < -0.4 is 14.8 Å². The molecule has 0 saturated heterocycles. The molecule has 1 unspecified atom stereocenters. The first-order chi connectivity index (χ1) is 9.83. The Bertz CT molecular complexity index is 505. The van der Waals surface area contributed by atoms with E-state index in [0.717, 1.165) is 0 Å². The highest BCUT2D eigenvalue weighted by Crippen LogP contribution is 2.32. The first-order valence-corrected chi connectivity index (χ1v) is 5.95. The average molecular weight is 303 g/mol. The second-order valence-corrected chi connectivity index (χ2v) is 4.14. The molecule has 6 nitrogen and oxygen atoms in total. The van der Waals surface area contributed by atoms with Gasteiger partial charge >= 0.3 is 12.6 Å². The van der Waals surface area contributed by atoms with E-state index in [4.69, 9.17) is 9.84 Å². The van der Waals surface area contributed by atoms with Gasteiger partial charge in [0.15, 0.2) is 11.5 Å². The summed E-state index contributed by atoms with van der Waals surface area (Å²) in [5.41, 5.74) is 0.323. The fourth-order valence-electron chi connectivity index (χ4n) is 1.77. The summed E-state index contributed by atoms with van der Waals surface area (Å²) >= 11 is 0. The molecule has 21 heavy (non-hydrogen) atoms. The molecule has 1 aromatic rings. The third kappa shape index (κ3) is 5.25. The average Bonchev–Trinajstić information content (AvgIpc) is 2.36. The SMILES string of the molecule is COc1ccc(C(CC(=O)O)NC(C)=O)cc1OC(F)F. The Kier molecular flexibility index (Phi) is 5.89. The molecule has 1 aromatic carbocycles. The lowest BCUT2D eigenvalue weighted by molar-refractivity contribution is -0.137. The minimum absolute atomic E-state index is 0.0796. The second kappa shape index (κ2) is 7.41. The van der Waals surface area contributed by atoms with Gasteiger partial charge < -0.3 is 19.9 Å². The number of hydrogen-bond acceptors (Lipinski definition) is 4. The summed E-state index contributed by atoms with van der Waals surface area (Å²) in [5.74, 6) is -1.73. The molecule has 0 saturated carbocycles. The fraction of sp³-hybridized carbons (Fsp3) is 0.385. The van der Waals surface area contributed by atoms with Crippen molar-refractivity contribution in [1.82, 2.24) is 5.32 Å². The number of carboxylic acid groups (broad SMARTS) is 1. The normalized spacial score (nSPS) is 11.9. The van der Waals surface area contributed by atoms with Gasteiger partial charge in [0.2, 0.25) is 5.91 Å². The first-order valence-electron chi connectivity index (χ1n) is 5.95. The van der Waals surface area contributed by atoms with Crippen molar-refractivity contribution in [3.05, 3.63) is 23.8 Å². The van der Waals surface area contributed by atoms with E-state index >= 15 is 0 Å². The molecule has 0 bridgehead atoms. The molecule has 116 valence electrons. The maximum absolute atomic E-state index is 12.3. The van der Waals surface area contributed by atoms with Crippen molar-refractivity contribution in [1.29, 1.82) is 0 Å². The van der Waals surface area contributed by atoms with Gasteiger partial charge in [0.1, 0.15) is 0 Å². The molecule has 1 amide bonds. The van der Waals surface area contributed by atoms with E-state index in [1.807, 2.05) is 0 Å². The standard InChI is InChI=1S/C13H15F2NO5/c1-7(17)16-9(6-12(18)19)8-3-4-10(20-2)11(5-8)21-13(14)15/h3-5,9,13H,6H2,1-2H3,(H,16,17)(H,18,19). The van der Waals surface area contributed by atoms with E-state index in [9.17, 15) is 18.4 Å². The van der Waals surface area contributed by atoms with Crippen LogP contribution in [0.5, 0.6) is 11.5 Å². The third-order valence-electron chi connectivity index (χ3n) is 2.56. The largest absolute Gasteiger partial charge is 0.493 e. The molecule has 0 aliphatic rings. The number of nitrogens with one attached hydrogen (secondary N) is 1. The Labute approximate surface area is 119 Å². The Hall–Kier alpha value is -2.38. The van der Waals surface area contributed by atoms with Crippen LogP contribution in [-0.2, 0) is 9.59 Å². The molecular formula is C13H15F2NO5. The molecule has 0 aliphatic carbocycles. The van der Waals surface area contributed by atoms with Crippen LogP contribution in [0.1, 0.15) is 24.9 Å². The lowest BCUT2D eigenvalue weighted by Crippen LogP contribution is -2.28. The number of rotatable bonds is 7. The summed E-state index contributed by atoms with van der Waals surface area (Å²) in [7, 11) is 1.29. The monoisotopic (exact) mass is 303 g/mol. The molecule has 0 spiro atoms. The number of halogens is 2. The van der Waals surface area contributed by atoms with Gasteiger partial charge in [-0.2, -0.15) is 8.78 Å². The minimum atomic E-state index is -3.05. The van der Waals surface area contributed by atoms with Crippen molar-refractivity contribution in [3.8, 4) is 11.5 Å². The molecule has 0 fully saturated rings. The van der Waals surface area contributed by atoms with Gasteiger partial charge in [-0.05, 0) is 17.7 Å². The van der Waals surface area contributed by atoms with Gasteiger partial charge in [0.25, 0.3) is 0 Å². The van der Waals surface area contributed by atoms with Gasteiger partial charge in [-0.3, -0.25) is 9.59 Å². The number of ether oxygens (including phenoxy) is 2. The summed E-state index contributed by atoms with van der Waals surface area (Å²) in [5, 5.41) is 11.3. The van der Waals surface area contributed by atoms with Crippen LogP contribution >= 0.6 is 0 Å². The van der Waals surface area contributed by atoms with Crippen molar-refractivity contribution in [2.75, 3.05) is 7.11 Å². The summed E-state index contributed by atoms with van der Waals surface area (Å²) in [6.07, 6.45) is -0.389. The summed E-state index contributed by atoms with van der Waals surface area (Å²) in [6.45, 7) is -1.82. The zero-order chi connectivity index (χ0) is 16.0. The van der Waals surface area contributed by atoms with Gasteiger partial charge in [0, 0.05) is 6.92 Å². The Morgan fingerprint density at radius 1 is 1.33 bits per heavy atom. The Morgan fingerprint density at radius 3 is 2.48 bits per heavy atom. The highest BCUT2D eigenvalue weighted by Gasteiger charge is 2.19. The quantitative estimate of drug-likeness (QED) is 0.804. The molecule has 1 atom stereocenters. The topological polar surface area (TPSA) is 84.9 Å². The number of carboxylic acids is 1. The van der Waals surface area contributed by atoms with E-state index in [0.29, 0.717) is 5.56 Å². The van der Waals surface area contributed by atoms with Crippen LogP contribution in [0.25, 0.3) is 0 Å². The van der Waals surface area contributed by atoms with Crippen LogP contribution in [0.15, 0.2) is 18.2 Å². The highest BCUT2D eigenvalue weighted by atomic mass is 19.3. The van der Waals surface area contributed by atoms with Crippen LogP contribution in [0.3, 0.4) is 0 Å². The lowest BCUT2D eigenvalue weighted by Gasteiger charge is -2.18. The number of hydrogen-bond donors (Lipinski definition) is 2. The first kappa shape index (κ1) is 16.7. The summed E-state index contributed by atoms with van der Waals surface area (Å²) in [4.78, 5) is 21.9. The van der Waals surface area contributed by atoms with Crippen molar-refractivity contribution < 1.29 is 33.0 Å². The molecular weight excluding hydrogens is 288 g/mol. The van der Waals surface area contributed by atoms with E-state index in [-0.39, 0.29) is 17.9 Å². The van der Waals surface area contributed by atoms with Crippen molar-refractivity contribution in [2.45, 2.75) is 26.0 Å². The third-order valence-corrected chi connectivity index (χ3v) is 2.56. The van der Waals surface area contributed by atoms with Crippen molar-refractivity contribution in [3.63, 3.8) is 0 Å². The maximum Gasteiger partial charge on any atom is 0.387 e. The van der Waals surface area contributed by atoms with Crippen LogP contribution in [0, 0.1) is 0 Å². The smallest absolute Gasteiger partial charge is 0.387 e. The zero-order valence-electron chi connectivity index (χ0n) is 11.4. The van der Waals surface area contributed by atoms with E-state index in [1.165, 1.54) is 32.2 Å². The number of amides is 1. The van der Waals surface area contributed by atoms with E-state index in [2.05, 4.69) is 10.1 Å². The van der Waals surface area contributed by atoms with Crippen LogP contribution in [0.2, 0.25) is 0 Å². The van der Waals surface area contributed by atoms with E-state index in [1.54, 1.807) is 0 Å². The molecule has 8 heteroatoms. The molecule has 0 aliphatic heterocycles. The molecule has 0 heterocycles. The zero-order valence-corrected chi connectivity index (χ0v) is 11.4. The summed E-state index contributed by atoms with van der Waals surface area (Å²) < 4.78 is 33.9. The Balaban J connectivity index is 3.12. The minimum Gasteiger partial charge on any atom is -0.493 e. The van der Waals surface area contributed by atoms with Gasteiger partial charge in [-0.1, -0.05) is 6.07 Å². The predicted molar refractivity (Wildman–Crippen MR) is 68.4 cm³/mol. The lowest BCUT2D eigenvalue weighted by atomic mass is 10.0. The van der Waals surface area contributed by atoms with Gasteiger partial charge in [0.05, 0.1) is 19.6 Å². The summed E-state index contributed by atoms with van der Waals surface area (Å²) in [6, 6.07) is 3.20. The molecule has 1 rings (SSSR count). The number of aliphatic carboxylic acids is 1. The van der Waals surface area contributed by atoms with Crippen LogP contribution in [-0.4, -0.2) is 30.7 Å². The number of carbonyl (C=O) groups is 2. The maximum atomic E-state index is 12.3. The van der Waals surface area contributed by atoms with Crippen LogP contribution in [0.4, 0.5) is 8.78 Å². The van der Waals surface area contributed by atoms with Gasteiger partial charge in [-0.15, -0.1) is 0 Å². The van der Waals surface area contributed by atoms with Crippen molar-refractivity contribution >= 4 is 11.9 Å². The predicted octanol–water partition coefficient (Wildman–Crippen LogP) is 1.95. The second-order valence-electron chi connectivity index (χ2n) is 4.14. The number of methoxy groups -OCH3 is 1. The number of benzene rings is 1. The number of alkyl halides is 2. The van der Waals surface area contributed by atoms with E-state index < -0.39 is 24.5 Å². The number of carbonyl (C=O) groups excluding carboxylic acids is 1. The highest BCUT2D eigenvalue weighted by molar-refractivity contribution is 5.75. The van der Waals surface area contributed by atoms with Crippen molar-refractivity contribution in [2.24, 2.45) is 0 Å². The molecule has 0 aromatic heterocycles. The molecule has 0 radical (unpaired) electrons. The Morgan fingerprint density at radius 2 is 2.00 bits per heavy atom.